The minimum Gasteiger partial charge on any atom is -0.347 e. The zero-order valence-corrected chi connectivity index (χ0v) is 11.4. The van der Waals surface area contributed by atoms with Gasteiger partial charge in [0, 0.05) is 30.7 Å². The summed E-state index contributed by atoms with van der Waals surface area (Å²) in [5, 5.41) is 1.30. The van der Waals surface area contributed by atoms with Crippen molar-refractivity contribution in [1.82, 2.24) is 9.55 Å². The molecule has 0 aliphatic carbocycles. The molecule has 19 heavy (non-hydrogen) atoms. The molecular weight excluding hydrogens is 232 g/mol. The van der Waals surface area contributed by atoms with Crippen LogP contribution in [0.3, 0.4) is 0 Å². The second-order valence-corrected chi connectivity index (χ2v) is 5.37. The standard InChI is InChI=1S/C17H18N2/c1-13(2)12-19-10-7-15-3-4-16(11-17(15)19)14-5-8-18-9-6-14/h3-11,13H,12H2,1-2H3. The van der Waals surface area contributed by atoms with Gasteiger partial charge < -0.3 is 4.57 Å². The van der Waals surface area contributed by atoms with Crippen LogP contribution < -0.4 is 0 Å². The summed E-state index contributed by atoms with van der Waals surface area (Å²) in [7, 11) is 0. The summed E-state index contributed by atoms with van der Waals surface area (Å²) < 4.78 is 2.34. The van der Waals surface area contributed by atoms with Crippen LogP contribution in [0.15, 0.2) is 55.0 Å². The van der Waals surface area contributed by atoms with Gasteiger partial charge in [0.25, 0.3) is 0 Å². The molecule has 0 bridgehead atoms. The maximum Gasteiger partial charge on any atom is 0.0486 e. The monoisotopic (exact) mass is 250 g/mol. The van der Waals surface area contributed by atoms with Gasteiger partial charge in [-0.1, -0.05) is 26.0 Å². The van der Waals surface area contributed by atoms with Crippen molar-refractivity contribution < 1.29 is 0 Å². The molecule has 0 fully saturated rings. The Balaban J connectivity index is 2.09. The smallest absolute Gasteiger partial charge is 0.0486 e. The lowest BCUT2D eigenvalue weighted by Crippen LogP contribution is -2.02. The summed E-state index contributed by atoms with van der Waals surface area (Å²) in [5.74, 6) is 0.653. The molecular formula is C17H18N2. The highest BCUT2D eigenvalue weighted by Crippen LogP contribution is 2.25. The van der Waals surface area contributed by atoms with Crippen molar-refractivity contribution in [2.24, 2.45) is 5.92 Å². The third-order valence-corrected chi connectivity index (χ3v) is 3.35. The molecule has 0 unspecified atom stereocenters. The minimum absolute atomic E-state index is 0.653. The second-order valence-electron chi connectivity index (χ2n) is 5.37. The molecule has 0 amide bonds. The van der Waals surface area contributed by atoms with E-state index in [0.29, 0.717) is 5.92 Å². The number of nitrogens with zero attached hydrogens (tertiary/aromatic N) is 2. The van der Waals surface area contributed by atoms with Crippen LogP contribution >= 0.6 is 0 Å². The van der Waals surface area contributed by atoms with Crippen LogP contribution in [0.1, 0.15) is 13.8 Å². The molecule has 3 rings (SSSR count). The molecule has 0 aliphatic heterocycles. The third kappa shape index (κ3) is 2.39. The lowest BCUT2D eigenvalue weighted by Gasteiger charge is -2.09. The van der Waals surface area contributed by atoms with Gasteiger partial charge in [0.2, 0.25) is 0 Å². The predicted octanol–water partition coefficient (Wildman–Crippen LogP) is 4.36. The molecule has 96 valence electrons. The summed E-state index contributed by atoms with van der Waals surface area (Å²) in [6.45, 7) is 5.56. The van der Waals surface area contributed by atoms with Gasteiger partial charge in [-0.2, -0.15) is 0 Å². The first kappa shape index (κ1) is 12.0. The van der Waals surface area contributed by atoms with Crippen LogP contribution in [0.2, 0.25) is 0 Å². The molecule has 0 N–H and O–H groups in total. The largest absolute Gasteiger partial charge is 0.347 e. The van der Waals surface area contributed by atoms with E-state index in [9.17, 15) is 0 Å². The fourth-order valence-corrected chi connectivity index (χ4v) is 2.46. The van der Waals surface area contributed by atoms with E-state index in [-0.39, 0.29) is 0 Å². The quantitative estimate of drug-likeness (QED) is 0.675. The summed E-state index contributed by atoms with van der Waals surface area (Å²) >= 11 is 0. The number of aromatic nitrogens is 2. The number of fused-ring (bicyclic) bond motifs is 1. The molecule has 0 saturated carbocycles. The van der Waals surface area contributed by atoms with E-state index in [4.69, 9.17) is 0 Å². The van der Waals surface area contributed by atoms with Crippen LogP contribution in [-0.4, -0.2) is 9.55 Å². The van der Waals surface area contributed by atoms with Crippen molar-refractivity contribution in [3.8, 4) is 11.1 Å². The molecule has 1 aromatic carbocycles. The van der Waals surface area contributed by atoms with Crippen LogP contribution in [0, 0.1) is 5.92 Å². The zero-order valence-electron chi connectivity index (χ0n) is 11.4. The van der Waals surface area contributed by atoms with Gasteiger partial charge in [0.15, 0.2) is 0 Å². The van der Waals surface area contributed by atoms with Gasteiger partial charge in [-0.25, -0.2) is 0 Å². The Morgan fingerprint density at radius 3 is 2.53 bits per heavy atom. The average molecular weight is 250 g/mol. The van der Waals surface area contributed by atoms with E-state index in [1.165, 1.54) is 22.0 Å². The Morgan fingerprint density at radius 1 is 1.00 bits per heavy atom. The molecule has 0 spiro atoms. The van der Waals surface area contributed by atoms with Gasteiger partial charge in [0.05, 0.1) is 0 Å². The van der Waals surface area contributed by atoms with E-state index in [2.05, 4.69) is 66.0 Å². The molecule has 2 heteroatoms. The Kier molecular flexibility index (Phi) is 3.08. The Hall–Kier alpha value is -2.09. The highest BCUT2D eigenvalue weighted by atomic mass is 15.0. The van der Waals surface area contributed by atoms with Crippen molar-refractivity contribution in [3.05, 3.63) is 55.0 Å². The summed E-state index contributed by atoms with van der Waals surface area (Å²) in [4.78, 5) is 4.07. The van der Waals surface area contributed by atoms with Crippen LogP contribution in [0.4, 0.5) is 0 Å². The number of benzene rings is 1. The molecule has 2 heterocycles. The summed E-state index contributed by atoms with van der Waals surface area (Å²) in [6.07, 6.45) is 5.86. The second kappa shape index (κ2) is 4.88. The first-order valence-electron chi connectivity index (χ1n) is 6.73. The Labute approximate surface area is 113 Å². The minimum atomic E-state index is 0.653. The van der Waals surface area contributed by atoms with Gasteiger partial charge >= 0.3 is 0 Å². The fraction of sp³-hybridized carbons (Fsp3) is 0.235. The van der Waals surface area contributed by atoms with Crippen LogP contribution in [0.25, 0.3) is 22.0 Å². The third-order valence-electron chi connectivity index (χ3n) is 3.35. The van der Waals surface area contributed by atoms with Crippen molar-refractivity contribution >= 4 is 10.9 Å². The molecule has 0 atom stereocenters. The number of pyridine rings is 1. The molecule has 2 nitrogen and oxygen atoms in total. The molecule has 3 aromatic rings. The van der Waals surface area contributed by atoms with E-state index in [0.717, 1.165) is 6.54 Å². The van der Waals surface area contributed by atoms with E-state index in [1.54, 1.807) is 0 Å². The van der Waals surface area contributed by atoms with Crippen molar-refractivity contribution in [1.29, 1.82) is 0 Å². The Morgan fingerprint density at radius 2 is 1.79 bits per heavy atom. The first-order valence-corrected chi connectivity index (χ1v) is 6.73. The highest BCUT2D eigenvalue weighted by Gasteiger charge is 2.05. The number of hydrogen-bond donors (Lipinski definition) is 0. The van der Waals surface area contributed by atoms with Crippen molar-refractivity contribution in [2.45, 2.75) is 20.4 Å². The normalized spacial score (nSPS) is 11.3. The van der Waals surface area contributed by atoms with Gasteiger partial charge in [0.1, 0.15) is 0 Å². The molecule has 2 aromatic heterocycles. The topological polar surface area (TPSA) is 17.8 Å². The van der Waals surface area contributed by atoms with E-state index >= 15 is 0 Å². The zero-order chi connectivity index (χ0) is 13.2. The summed E-state index contributed by atoms with van der Waals surface area (Å²) in [6, 6.07) is 12.9. The maximum absolute atomic E-state index is 4.07. The van der Waals surface area contributed by atoms with Gasteiger partial charge in [-0.15, -0.1) is 0 Å². The van der Waals surface area contributed by atoms with Crippen molar-refractivity contribution in [3.63, 3.8) is 0 Å². The van der Waals surface area contributed by atoms with Crippen LogP contribution in [-0.2, 0) is 6.54 Å². The lowest BCUT2D eigenvalue weighted by molar-refractivity contribution is 0.535. The Bertz CT molecular complexity index is 681. The number of rotatable bonds is 3. The van der Waals surface area contributed by atoms with Crippen LogP contribution in [0.5, 0.6) is 0 Å². The van der Waals surface area contributed by atoms with E-state index < -0.39 is 0 Å². The highest BCUT2D eigenvalue weighted by molar-refractivity contribution is 5.85. The van der Waals surface area contributed by atoms with E-state index in [1.807, 2.05) is 12.4 Å². The first-order chi connectivity index (χ1) is 9.24. The molecule has 0 radical (unpaired) electrons. The van der Waals surface area contributed by atoms with Gasteiger partial charge in [-0.3, -0.25) is 4.98 Å². The molecule has 0 aliphatic rings. The average Bonchev–Trinajstić information content (AvgIpc) is 2.82. The maximum atomic E-state index is 4.07. The molecule has 0 saturated heterocycles. The predicted molar refractivity (Wildman–Crippen MR) is 80.0 cm³/mol. The lowest BCUT2D eigenvalue weighted by atomic mass is 10.1. The fourth-order valence-electron chi connectivity index (χ4n) is 2.46. The SMILES string of the molecule is CC(C)Cn1ccc2ccc(-c3ccncc3)cc21. The summed E-state index contributed by atoms with van der Waals surface area (Å²) in [5.41, 5.74) is 3.77. The van der Waals surface area contributed by atoms with Gasteiger partial charge in [-0.05, 0) is 46.7 Å². The number of hydrogen-bond acceptors (Lipinski definition) is 1. The van der Waals surface area contributed by atoms with Crippen molar-refractivity contribution in [2.75, 3.05) is 0 Å².